The first-order chi connectivity index (χ1) is 21.9. The molecule has 0 bridgehead atoms. The molecule has 4 heterocycles. The van der Waals surface area contributed by atoms with Crippen LogP contribution in [0, 0.1) is 6.92 Å². The summed E-state index contributed by atoms with van der Waals surface area (Å²) in [7, 11) is 0. The molecule has 1 N–H and O–H groups in total. The van der Waals surface area contributed by atoms with E-state index in [4.69, 9.17) is 16.3 Å². The molecule has 1 atom stereocenters. The van der Waals surface area contributed by atoms with Gasteiger partial charge >= 0.3 is 5.91 Å². The van der Waals surface area contributed by atoms with Gasteiger partial charge in [-0.25, -0.2) is 4.98 Å². The van der Waals surface area contributed by atoms with E-state index in [1.54, 1.807) is 23.6 Å². The fourth-order valence-electron chi connectivity index (χ4n) is 5.27. The van der Waals surface area contributed by atoms with Crippen LogP contribution in [0.2, 0.25) is 5.02 Å². The van der Waals surface area contributed by atoms with Crippen LogP contribution in [-0.2, 0) is 15.3 Å². The maximum atomic E-state index is 13.8. The molecule has 2 aromatic carbocycles. The number of aromatic nitrogens is 4. The van der Waals surface area contributed by atoms with Crippen LogP contribution >= 0.6 is 34.7 Å². The van der Waals surface area contributed by atoms with E-state index in [9.17, 15) is 14.7 Å². The van der Waals surface area contributed by atoms with Crippen LogP contribution in [0.1, 0.15) is 54.7 Å². The molecule has 6 rings (SSSR count). The van der Waals surface area contributed by atoms with Crippen molar-refractivity contribution in [3.8, 4) is 5.75 Å². The number of hydrogen-bond acceptors (Lipinski definition) is 9. The van der Waals surface area contributed by atoms with Crippen LogP contribution in [0.15, 0.2) is 82.8 Å². The Kier molecular flexibility index (Phi) is 9.20. The van der Waals surface area contributed by atoms with Gasteiger partial charge in [-0.2, -0.15) is 0 Å². The predicted octanol–water partition coefficient (Wildman–Crippen LogP) is 7.64. The molecule has 0 aliphatic carbocycles. The van der Waals surface area contributed by atoms with E-state index in [0.29, 0.717) is 50.1 Å². The minimum atomic E-state index is -0.972. The molecule has 3 aromatic heterocycles. The second-order valence-electron chi connectivity index (χ2n) is 10.5. The number of Topliss-reactive ketones (excluding diaryl/α,β-unsaturated/α-hetero) is 1. The molecule has 45 heavy (non-hydrogen) atoms. The lowest BCUT2D eigenvalue weighted by atomic mass is 9.96. The molecule has 1 aliphatic rings. The number of halogens is 1. The highest BCUT2D eigenvalue weighted by Gasteiger charge is 2.49. The lowest BCUT2D eigenvalue weighted by Crippen LogP contribution is -2.29. The van der Waals surface area contributed by atoms with Crippen molar-refractivity contribution in [1.82, 2.24) is 19.6 Å². The van der Waals surface area contributed by atoms with Crippen molar-refractivity contribution in [2.24, 2.45) is 0 Å². The number of aliphatic hydroxyl groups excluding tert-OH is 1. The standard InChI is InChI=1S/C33H30ClN5O4S2/c1-3-4-7-17-43-24-10-8-9-22(18-24)28-26(29(40)27-20(2)35-25-11-5-6-16-38(25)27)30(41)31(42)39(28)32-36-37-33(45-32)44-19-21-12-14-23(34)15-13-21/h5-6,8-16,18,28,40H,3-4,7,17,19H2,1-2H3. The van der Waals surface area contributed by atoms with Crippen LogP contribution < -0.4 is 9.64 Å². The quantitative estimate of drug-likeness (QED) is 0.0385. The van der Waals surface area contributed by atoms with Gasteiger partial charge in [0.25, 0.3) is 5.78 Å². The molecule has 230 valence electrons. The maximum absolute atomic E-state index is 13.8. The molecule has 12 heteroatoms. The topological polar surface area (TPSA) is 110 Å². The molecule has 9 nitrogen and oxygen atoms in total. The molecule has 0 radical (unpaired) electrons. The molecule has 1 fully saturated rings. The number of thioether (sulfide) groups is 1. The van der Waals surface area contributed by atoms with Crippen molar-refractivity contribution >= 4 is 62.9 Å². The monoisotopic (exact) mass is 659 g/mol. The summed E-state index contributed by atoms with van der Waals surface area (Å²) in [5.41, 5.74) is 3.07. The van der Waals surface area contributed by atoms with E-state index in [1.165, 1.54) is 28.0 Å². The smallest absolute Gasteiger partial charge is 0.301 e. The summed E-state index contributed by atoms with van der Waals surface area (Å²) in [6, 6.07) is 19.3. The second kappa shape index (κ2) is 13.4. The van der Waals surface area contributed by atoms with Gasteiger partial charge in [-0.1, -0.05) is 84.8 Å². The average molecular weight is 660 g/mol. The van der Waals surface area contributed by atoms with Gasteiger partial charge in [0.15, 0.2) is 10.1 Å². The highest BCUT2D eigenvalue weighted by molar-refractivity contribution is 8.00. The number of ether oxygens (including phenoxy) is 1. The lowest BCUT2D eigenvalue weighted by Gasteiger charge is -2.23. The Morgan fingerprint density at radius 1 is 1.07 bits per heavy atom. The number of carbonyl (C=O) groups is 2. The normalized spacial score (nSPS) is 16.2. The number of nitrogens with zero attached hydrogens (tertiary/aromatic N) is 5. The number of carbonyl (C=O) groups excluding carboxylic acids is 2. The molecular weight excluding hydrogens is 630 g/mol. The van der Waals surface area contributed by atoms with Gasteiger partial charge in [0.2, 0.25) is 5.13 Å². The summed E-state index contributed by atoms with van der Waals surface area (Å²) < 4.78 is 8.35. The largest absolute Gasteiger partial charge is 0.505 e. The molecule has 5 aromatic rings. The van der Waals surface area contributed by atoms with Gasteiger partial charge in [0.1, 0.15) is 17.1 Å². The van der Waals surface area contributed by atoms with E-state index in [-0.39, 0.29) is 16.5 Å². The third-order valence-electron chi connectivity index (χ3n) is 7.44. The number of anilines is 1. The molecule has 1 aliphatic heterocycles. The third kappa shape index (κ3) is 6.33. The number of aryl methyl sites for hydroxylation is 1. The Balaban J connectivity index is 1.41. The Morgan fingerprint density at radius 3 is 2.69 bits per heavy atom. The number of rotatable bonds is 11. The minimum absolute atomic E-state index is 0.0533. The lowest BCUT2D eigenvalue weighted by molar-refractivity contribution is -0.132. The Bertz CT molecular complexity index is 1900. The van der Waals surface area contributed by atoms with Crippen molar-refractivity contribution in [3.05, 3.63) is 106 Å². The van der Waals surface area contributed by atoms with Gasteiger partial charge in [0, 0.05) is 17.0 Å². The number of imidazole rings is 1. The summed E-state index contributed by atoms with van der Waals surface area (Å²) in [6.45, 7) is 4.43. The summed E-state index contributed by atoms with van der Waals surface area (Å²) in [6.07, 6.45) is 4.79. The van der Waals surface area contributed by atoms with E-state index >= 15 is 0 Å². The van der Waals surface area contributed by atoms with Crippen LogP contribution in [0.5, 0.6) is 5.75 Å². The fraction of sp³-hybridized carbons (Fsp3) is 0.242. The van der Waals surface area contributed by atoms with Crippen molar-refractivity contribution in [2.45, 2.75) is 49.2 Å². The number of fused-ring (bicyclic) bond motifs is 1. The van der Waals surface area contributed by atoms with Crippen molar-refractivity contribution < 1.29 is 19.4 Å². The first kappa shape index (κ1) is 30.8. The number of ketones is 1. The molecule has 1 unspecified atom stereocenters. The molecule has 1 saturated heterocycles. The van der Waals surface area contributed by atoms with Crippen LogP contribution in [0.4, 0.5) is 5.13 Å². The van der Waals surface area contributed by atoms with E-state index in [0.717, 1.165) is 24.8 Å². The Labute approximate surface area is 273 Å². The number of amides is 1. The zero-order valence-electron chi connectivity index (χ0n) is 24.6. The highest BCUT2D eigenvalue weighted by atomic mass is 35.5. The Morgan fingerprint density at radius 2 is 1.89 bits per heavy atom. The number of aliphatic hydroxyl groups is 1. The zero-order chi connectivity index (χ0) is 31.5. The van der Waals surface area contributed by atoms with Crippen LogP contribution in [0.3, 0.4) is 0 Å². The third-order valence-corrected chi connectivity index (χ3v) is 9.82. The number of benzene rings is 2. The SMILES string of the molecule is CCCCCOc1cccc(C2C(=C(O)c3c(C)nc4ccccn34)C(=O)C(=O)N2c2nnc(SCc3ccc(Cl)cc3)s2)c1. The molecular formula is C33H30ClN5O4S2. The van der Waals surface area contributed by atoms with Crippen LogP contribution in [0.25, 0.3) is 11.4 Å². The van der Waals surface area contributed by atoms with Crippen molar-refractivity contribution in [2.75, 3.05) is 11.5 Å². The first-order valence-electron chi connectivity index (χ1n) is 14.5. The summed E-state index contributed by atoms with van der Waals surface area (Å²) in [4.78, 5) is 33.4. The number of pyridine rings is 1. The number of hydrogen-bond donors (Lipinski definition) is 1. The van der Waals surface area contributed by atoms with E-state index in [2.05, 4.69) is 22.1 Å². The summed E-state index contributed by atoms with van der Waals surface area (Å²) in [5.74, 6) is -0.695. The van der Waals surface area contributed by atoms with Gasteiger partial charge in [-0.15, -0.1) is 10.2 Å². The average Bonchev–Trinajstić information content (AvgIpc) is 3.72. The second-order valence-corrected chi connectivity index (χ2v) is 13.2. The summed E-state index contributed by atoms with van der Waals surface area (Å²) >= 11 is 8.70. The van der Waals surface area contributed by atoms with Gasteiger partial charge < -0.3 is 9.84 Å². The first-order valence-corrected chi connectivity index (χ1v) is 16.7. The summed E-state index contributed by atoms with van der Waals surface area (Å²) in [5, 5.41) is 21.4. The van der Waals surface area contributed by atoms with E-state index < -0.39 is 17.7 Å². The van der Waals surface area contributed by atoms with E-state index in [1.807, 2.05) is 60.7 Å². The highest BCUT2D eigenvalue weighted by Crippen LogP contribution is 2.45. The minimum Gasteiger partial charge on any atom is -0.505 e. The molecule has 1 amide bonds. The van der Waals surface area contributed by atoms with Crippen LogP contribution in [-0.4, -0.2) is 43.0 Å². The van der Waals surface area contributed by atoms with Gasteiger partial charge in [-0.3, -0.25) is 18.9 Å². The maximum Gasteiger partial charge on any atom is 0.301 e. The van der Waals surface area contributed by atoms with Crippen molar-refractivity contribution in [3.63, 3.8) is 0 Å². The zero-order valence-corrected chi connectivity index (χ0v) is 27.0. The number of unbranched alkanes of at least 4 members (excludes halogenated alkanes) is 2. The van der Waals surface area contributed by atoms with Gasteiger partial charge in [-0.05, 0) is 60.9 Å². The van der Waals surface area contributed by atoms with Gasteiger partial charge in [0.05, 0.1) is 23.9 Å². The molecule has 0 saturated carbocycles. The Hall–Kier alpha value is -4.19. The molecule has 0 spiro atoms. The van der Waals surface area contributed by atoms with Crippen molar-refractivity contribution in [1.29, 1.82) is 0 Å². The predicted molar refractivity (Wildman–Crippen MR) is 177 cm³/mol. The fourth-order valence-corrected chi connectivity index (χ4v) is 7.22.